The molecule has 21 heavy (non-hydrogen) atoms. The number of rotatable bonds is 7. The molecule has 1 N–H and O–H groups in total. The quantitative estimate of drug-likeness (QED) is 0.783. The number of nitrogens with zero attached hydrogens (tertiary/aromatic N) is 2. The van der Waals surface area contributed by atoms with Crippen LogP contribution in [-0.2, 0) is 4.79 Å². The summed E-state index contributed by atoms with van der Waals surface area (Å²) in [6, 6.07) is 8.40. The predicted octanol–water partition coefficient (Wildman–Crippen LogP) is 3.00. The molecule has 1 atom stereocenters. The highest BCUT2D eigenvalue weighted by Gasteiger charge is 2.17. The molecule has 114 valence electrons. The summed E-state index contributed by atoms with van der Waals surface area (Å²) >= 11 is 0. The van der Waals surface area contributed by atoms with Gasteiger partial charge < -0.3 is 14.9 Å². The first kappa shape index (κ1) is 15.4. The van der Waals surface area contributed by atoms with Gasteiger partial charge in [0.2, 0.25) is 0 Å². The summed E-state index contributed by atoms with van der Waals surface area (Å²) in [6.07, 6.45) is 4.34. The third kappa shape index (κ3) is 4.00. The highest BCUT2D eigenvalue weighted by Crippen LogP contribution is 2.24. The summed E-state index contributed by atoms with van der Waals surface area (Å²) in [6.45, 7) is 8.90. The zero-order valence-electron chi connectivity index (χ0n) is 12.7. The van der Waals surface area contributed by atoms with Crippen LogP contribution in [0.1, 0.15) is 19.8 Å². The predicted molar refractivity (Wildman–Crippen MR) is 87.1 cm³/mol. The molecule has 0 spiro atoms. The number of hydrogen-bond acceptors (Lipinski definition) is 3. The van der Waals surface area contributed by atoms with Gasteiger partial charge in [0.1, 0.15) is 0 Å². The zero-order chi connectivity index (χ0) is 15.2. The van der Waals surface area contributed by atoms with E-state index in [0.29, 0.717) is 13.1 Å². The van der Waals surface area contributed by atoms with Crippen LogP contribution in [-0.4, -0.2) is 37.3 Å². The molecule has 1 heterocycles. The lowest BCUT2D eigenvalue weighted by Crippen LogP contribution is -2.32. The first-order valence-corrected chi connectivity index (χ1v) is 7.55. The van der Waals surface area contributed by atoms with Crippen molar-refractivity contribution < 1.29 is 9.90 Å². The van der Waals surface area contributed by atoms with Crippen molar-refractivity contribution in [2.24, 2.45) is 5.92 Å². The molecule has 2 rings (SSSR count). The minimum absolute atomic E-state index is 0.400. The van der Waals surface area contributed by atoms with E-state index in [4.69, 9.17) is 5.11 Å². The first-order valence-electron chi connectivity index (χ1n) is 7.55. The lowest BCUT2D eigenvalue weighted by Gasteiger charge is -2.26. The zero-order valence-corrected chi connectivity index (χ0v) is 12.7. The largest absolute Gasteiger partial charge is 0.481 e. The van der Waals surface area contributed by atoms with Crippen LogP contribution < -0.4 is 9.80 Å². The topological polar surface area (TPSA) is 43.8 Å². The third-order valence-corrected chi connectivity index (χ3v) is 3.95. The van der Waals surface area contributed by atoms with E-state index in [1.54, 1.807) is 6.92 Å². The molecule has 1 saturated heterocycles. The van der Waals surface area contributed by atoms with Crippen molar-refractivity contribution >= 4 is 17.3 Å². The Kier molecular flexibility index (Phi) is 5.26. The lowest BCUT2D eigenvalue weighted by atomic mass is 10.1. The summed E-state index contributed by atoms with van der Waals surface area (Å²) in [5.41, 5.74) is 2.30. The average Bonchev–Trinajstić information content (AvgIpc) is 3.01. The molecular weight excluding hydrogens is 264 g/mol. The standard InChI is InChI=1S/C17H24N2O2/c1-3-10-19(13-14(2)17(20)21)16-8-6-15(7-9-16)18-11-4-5-12-18/h3,6-9,14H,1,4-5,10-13H2,2H3,(H,20,21). The molecule has 1 fully saturated rings. The molecule has 1 aromatic carbocycles. The minimum Gasteiger partial charge on any atom is -0.481 e. The summed E-state index contributed by atoms with van der Waals surface area (Å²) in [5.74, 6) is -1.17. The Morgan fingerprint density at radius 1 is 1.38 bits per heavy atom. The molecule has 0 bridgehead atoms. The fourth-order valence-corrected chi connectivity index (χ4v) is 2.70. The average molecular weight is 288 g/mol. The molecule has 0 radical (unpaired) electrons. The summed E-state index contributed by atoms with van der Waals surface area (Å²) in [5, 5.41) is 9.07. The third-order valence-electron chi connectivity index (χ3n) is 3.95. The van der Waals surface area contributed by atoms with Gasteiger partial charge in [-0.15, -0.1) is 6.58 Å². The van der Waals surface area contributed by atoms with Gasteiger partial charge in [0.05, 0.1) is 5.92 Å². The van der Waals surface area contributed by atoms with Crippen LogP contribution in [0.3, 0.4) is 0 Å². The van der Waals surface area contributed by atoms with Gasteiger partial charge in [-0.2, -0.15) is 0 Å². The lowest BCUT2D eigenvalue weighted by molar-refractivity contribution is -0.140. The second-order valence-corrected chi connectivity index (χ2v) is 5.64. The van der Waals surface area contributed by atoms with Gasteiger partial charge in [-0.25, -0.2) is 0 Å². The van der Waals surface area contributed by atoms with E-state index in [0.717, 1.165) is 18.8 Å². The van der Waals surface area contributed by atoms with Gasteiger partial charge in [0, 0.05) is 37.6 Å². The molecule has 1 aromatic rings. The van der Waals surface area contributed by atoms with Crippen LogP contribution in [0, 0.1) is 5.92 Å². The number of carbonyl (C=O) groups is 1. The maximum Gasteiger partial charge on any atom is 0.308 e. The number of anilines is 2. The van der Waals surface area contributed by atoms with E-state index in [1.807, 2.05) is 6.08 Å². The maximum absolute atomic E-state index is 11.0. The molecule has 4 heteroatoms. The van der Waals surface area contributed by atoms with E-state index in [-0.39, 0.29) is 0 Å². The van der Waals surface area contributed by atoms with Gasteiger partial charge in [-0.3, -0.25) is 4.79 Å². The molecular formula is C17H24N2O2. The fraction of sp³-hybridized carbons (Fsp3) is 0.471. The Labute approximate surface area is 126 Å². The molecule has 4 nitrogen and oxygen atoms in total. The van der Waals surface area contributed by atoms with Crippen molar-refractivity contribution in [3.05, 3.63) is 36.9 Å². The molecule has 0 saturated carbocycles. The highest BCUT2D eigenvalue weighted by atomic mass is 16.4. The van der Waals surface area contributed by atoms with Gasteiger partial charge in [0.15, 0.2) is 0 Å². The van der Waals surface area contributed by atoms with Crippen LogP contribution >= 0.6 is 0 Å². The van der Waals surface area contributed by atoms with Crippen molar-refractivity contribution in [3.8, 4) is 0 Å². The molecule has 1 aliphatic heterocycles. The summed E-state index contributed by atoms with van der Waals surface area (Å²) in [7, 11) is 0. The van der Waals surface area contributed by atoms with E-state index in [9.17, 15) is 4.79 Å². The van der Waals surface area contributed by atoms with Gasteiger partial charge in [-0.05, 0) is 37.1 Å². The van der Waals surface area contributed by atoms with Crippen LogP contribution in [0.2, 0.25) is 0 Å². The van der Waals surface area contributed by atoms with Crippen molar-refractivity contribution in [1.29, 1.82) is 0 Å². The number of carboxylic acids is 1. The molecule has 0 aromatic heterocycles. The molecule has 0 amide bonds. The maximum atomic E-state index is 11.0. The van der Waals surface area contributed by atoms with Gasteiger partial charge in [0.25, 0.3) is 0 Å². The smallest absolute Gasteiger partial charge is 0.308 e. The van der Waals surface area contributed by atoms with Gasteiger partial charge >= 0.3 is 5.97 Å². The normalized spacial score (nSPS) is 15.8. The highest BCUT2D eigenvalue weighted by molar-refractivity contribution is 5.70. The number of carboxylic acid groups (broad SMARTS) is 1. The Balaban J connectivity index is 2.08. The van der Waals surface area contributed by atoms with Crippen LogP contribution in [0.15, 0.2) is 36.9 Å². The van der Waals surface area contributed by atoms with Crippen LogP contribution in [0.5, 0.6) is 0 Å². The number of hydrogen-bond donors (Lipinski definition) is 1. The monoisotopic (exact) mass is 288 g/mol. The Morgan fingerprint density at radius 3 is 2.52 bits per heavy atom. The Bertz CT molecular complexity index is 478. The van der Waals surface area contributed by atoms with E-state index >= 15 is 0 Å². The number of aliphatic carboxylic acids is 1. The van der Waals surface area contributed by atoms with Crippen molar-refractivity contribution in [2.75, 3.05) is 36.0 Å². The van der Waals surface area contributed by atoms with Crippen LogP contribution in [0.25, 0.3) is 0 Å². The van der Waals surface area contributed by atoms with Crippen molar-refractivity contribution in [1.82, 2.24) is 0 Å². The van der Waals surface area contributed by atoms with Crippen molar-refractivity contribution in [2.45, 2.75) is 19.8 Å². The molecule has 1 aliphatic rings. The second-order valence-electron chi connectivity index (χ2n) is 5.64. The molecule has 1 unspecified atom stereocenters. The SMILES string of the molecule is C=CCN(CC(C)C(=O)O)c1ccc(N2CCCC2)cc1. The first-order chi connectivity index (χ1) is 10.1. The Hall–Kier alpha value is -1.97. The fourth-order valence-electron chi connectivity index (χ4n) is 2.70. The van der Waals surface area contributed by atoms with E-state index < -0.39 is 11.9 Å². The number of benzene rings is 1. The second kappa shape index (κ2) is 7.16. The summed E-state index contributed by atoms with van der Waals surface area (Å²) < 4.78 is 0. The summed E-state index contributed by atoms with van der Waals surface area (Å²) in [4.78, 5) is 15.5. The Morgan fingerprint density at radius 2 is 2.00 bits per heavy atom. The van der Waals surface area contributed by atoms with Crippen LogP contribution in [0.4, 0.5) is 11.4 Å². The van der Waals surface area contributed by atoms with Crippen molar-refractivity contribution in [3.63, 3.8) is 0 Å². The van der Waals surface area contributed by atoms with E-state index in [1.165, 1.54) is 18.5 Å². The minimum atomic E-state index is -0.766. The molecule has 0 aliphatic carbocycles. The van der Waals surface area contributed by atoms with E-state index in [2.05, 4.69) is 40.6 Å². The van der Waals surface area contributed by atoms with Gasteiger partial charge in [-0.1, -0.05) is 13.0 Å².